The molecule has 2 aromatic heterocycles. The van der Waals surface area contributed by atoms with Crippen LogP contribution in [0.15, 0.2) is 27.6 Å². The van der Waals surface area contributed by atoms with E-state index < -0.39 is 5.91 Å². The monoisotopic (exact) mass is 283 g/mol. The predicted molar refractivity (Wildman–Crippen MR) is 68.2 cm³/mol. The number of aromatic amines is 1. The van der Waals surface area contributed by atoms with Gasteiger partial charge in [0.15, 0.2) is 10.2 Å². The smallest absolute Gasteiger partial charge is 0.294 e. The minimum absolute atomic E-state index is 0.200. The number of hydrogen-bond donors (Lipinski definition) is 3. The summed E-state index contributed by atoms with van der Waals surface area (Å²) in [5.74, 6) is 5.11. The second kappa shape index (κ2) is 5.76. The molecule has 0 saturated heterocycles. The van der Waals surface area contributed by atoms with Crippen LogP contribution in [-0.4, -0.2) is 20.9 Å². The number of nitrogens with one attached hydrogen (secondary N) is 2. The summed E-state index contributed by atoms with van der Waals surface area (Å²) >= 11 is 2.55. The Labute approximate surface area is 110 Å². The number of H-pyrrole nitrogens is 1. The number of nitrogens with two attached hydrogens (primary N) is 1. The van der Waals surface area contributed by atoms with Gasteiger partial charge in [-0.25, -0.2) is 15.8 Å². The van der Waals surface area contributed by atoms with Crippen LogP contribution in [-0.2, 0) is 5.75 Å². The van der Waals surface area contributed by atoms with Crippen LogP contribution in [0.1, 0.15) is 15.5 Å². The fourth-order valence-corrected chi connectivity index (χ4v) is 2.67. The highest BCUT2D eigenvalue weighted by molar-refractivity contribution is 7.98. The van der Waals surface area contributed by atoms with Gasteiger partial charge in [0, 0.05) is 23.4 Å². The largest absolute Gasteiger partial charge is 0.301 e. The maximum Gasteiger partial charge on any atom is 0.294 e. The average molecular weight is 283 g/mol. The molecule has 0 spiro atoms. The molecular formula is C9H9N5O2S2. The van der Waals surface area contributed by atoms with Crippen molar-refractivity contribution < 1.29 is 4.79 Å². The van der Waals surface area contributed by atoms with Gasteiger partial charge in [-0.3, -0.25) is 15.0 Å². The van der Waals surface area contributed by atoms with E-state index in [4.69, 9.17) is 5.84 Å². The lowest BCUT2D eigenvalue weighted by Gasteiger charge is -1.97. The van der Waals surface area contributed by atoms with Crippen LogP contribution in [0.5, 0.6) is 0 Å². The molecule has 0 unspecified atom stereocenters. The summed E-state index contributed by atoms with van der Waals surface area (Å²) in [7, 11) is 0. The molecule has 9 heteroatoms. The van der Waals surface area contributed by atoms with Crippen molar-refractivity contribution in [2.24, 2.45) is 5.84 Å². The molecule has 0 atom stereocenters. The highest BCUT2D eigenvalue weighted by Gasteiger charge is 2.09. The Bertz CT molecular complexity index is 609. The Morgan fingerprint density at radius 1 is 1.61 bits per heavy atom. The number of carbonyl (C=O) groups excluding carboxylic acids is 1. The van der Waals surface area contributed by atoms with Crippen LogP contribution in [0.4, 0.5) is 0 Å². The normalized spacial score (nSPS) is 10.3. The third-order valence-corrected chi connectivity index (χ3v) is 3.69. The molecule has 0 aromatic carbocycles. The molecule has 0 fully saturated rings. The van der Waals surface area contributed by atoms with Crippen molar-refractivity contribution in [3.05, 3.63) is 38.7 Å². The fraction of sp³-hybridized carbons (Fsp3) is 0.111. The lowest BCUT2D eigenvalue weighted by atomic mass is 10.5. The Hall–Kier alpha value is -1.71. The number of nitrogen functional groups attached to an aromatic ring is 1. The first-order valence-electron chi connectivity index (χ1n) is 4.82. The third-order valence-electron chi connectivity index (χ3n) is 1.88. The molecule has 94 valence electrons. The first kappa shape index (κ1) is 12.7. The first-order chi connectivity index (χ1) is 8.69. The molecule has 0 aliphatic heterocycles. The second-order valence-electron chi connectivity index (χ2n) is 3.15. The van der Waals surface area contributed by atoms with E-state index in [1.165, 1.54) is 35.4 Å². The lowest BCUT2D eigenvalue weighted by molar-refractivity contribution is 0.0953. The summed E-state index contributed by atoms with van der Waals surface area (Å²) < 4.78 is 0. The Kier molecular flexibility index (Phi) is 4.07. The maximum absolute atomic E-state index is 11.2. The van der Waals surface area contributed by atoms with E-state index in [0.717, 1.165) is 5.69 Å². The van der Waals surface area contributed by atoms with Gasteiger partial charge in [-0.05, 0) is 0 Å². The molecule has 0 radical (unpaired) electrons. The molecule has 2 rings (SSSR count). The van der Waals surface area contributed by atoms with Gasteiger partial charge in [0.25, 0.3) is 11.5 Å². The quantitative estimate of drug-likeness (QED) is 0.241. The van der Waals surface area contributed by atoms with E-state index in [1.54, 1.807) is 5.38 Å². The Balaban J connectivity index is 2.00. The highest BCUT2D eigenvalue weighted by atomic mass is 32.2. The molecule has 7 nitrogen and oxygen atoms in total. The molecule has 18 heavy (non-hydrogen) atoms. The van der Waals surface area contributed by atoms with E-state index >= 15 is 0 Å². The van der Waals surface area contributed by atoms with Crippen molar-refractivity contribution in [1.29, 1.82) is 0 Å². The van der Waals surface area contributed by atoms with E-state index in [0.29, 0.717) is 15.9 Å². The number of amides is 1. The van der Waals surface area contributed by atoms with Gasteiger partial charge in [0.1, 0.15) is 0 Å². The third kappa shape index (κ3) is 3.15. The van der Waals surface area contributed by atoms with Crippen molar-refractivity contribution in [1.82, 2.24) is 20.4 Å². The molecule has 1 amide bonds. The number of thioether (sulfide) groups is 1. The zero-order valence-corrected chi connectivity index (χ0v) is 10.7. The number of hydrogen-bond acceptors (Lipinski definition) is 7. The molecule has 0 bridgehead atoms. The summed E-state index contributed by atoms with van der Waals surface area (Å²) in [5.41, 5.74) is 2.55. The van der Waals surface area contributed by atoms with Gasteiger partial charge in [-0.15, -0.1) is 11.3 Å². The van der Waals surface area contributed by atoms with Crippen molar-refractivity contribution >= 4 is 29.0 Å². The number of hydrazine groups is 1. The Morgan fingerprint density at radius 2 is 2.44 bits per heavy atom. The van der Waals surface area contributed by atoms with E-state index in [9.17, 15) is 9.59 Å². The zero-order valence-electron chi connectivity index (χ0n) is 9.04. The summed E-state index contributed by atoms with van der Waals surface area (Å²) in [6, 6.07) is 1.34. The van der Waals surface area contributed by atoms with Crippen LogP contribution >= 0.6 is 23.1 Å². The highest BCUT2D eigenvalue weighted by Crippen LogP contribution is 2.19. The fourth-order valence-electron chi connectivity index (χ4n) is 1.11. The molecule has 0 saturated carbocycles. The number of nitrogens with zero attached hydrogens (tertiary/aromatic N) is 2. The number of aromatic nitrogens is 3. The minimum Gasteiger partial charge on any atom is -0.301 e. The van der Waals surface area contributed by atoms with Crippen LogP contribution in [0.3, 0.4) is 0 Å². The van der Waals surface area contributed by atoms with Crippen molar-refractivity contribution in [3.63, 3.8) is 0 Å². The zero-order chi connectivity index (χ0) is 13.0. The van der Waals surface area contributed by atoms with E-state index in [2.05, 4.69) is 15.0 Å². The molecule has 4 N–H and O–H groups in total. The molecule has 0 aliphatic carbocycles. The molecule has 2 aromatic rings. The van der Waals surface area contributed by atoms with Gasteiger partial charge >= 0.3 is 0 Å². The van der Waals surface area contributed by atoms with Crippen LogP contribution in [0.25, 0.3) is 0 Å². The standard InChI is InChI=1S/C9H9N5O2S2/c10-14-7(16)8-12-5(3-17-8)4-18-9-11-2-1-6(15)13-9/h1-3H,4,10H2,(H,14,16)(H,11,13,15). The molecule has 2 heterocycles. The summed E-state index contributed by atoms with van der Waals surface area (Å²) in [5, 5.41) is 2.58. The summed E-state index contributed by atoms with van der Waals surface area (Å²) in [6.07, 6.45) is 1.44. The van der Waals surface area contributed by atoms with E-state index in [1.807, 2.05) is 5.43 Å². The van der Waals surface area contributed by atoms with Crippen LogP contribution in [0, 0.1) is 0 Å². The number of rotatable bonds is 4. The SMILES string of the molecule is NNC(=O)c1nc(CSc2nccc(=O)[nH]2)cs1. The maximum atomic E-state index is 11.2. The summed E-state index contributed by atoms with van der Waals surface area (Å²) in [4.78, 5) is 32.9. The van der Waals surface area contributed by atoms with Gasteiger partial charge in [-0.1, -0.05) is 11.8 Å². The number of thiazole rings is 1. The average Bonchev–Trinajstić information content (AvgIpc) is 2.84. The molecular weight excluding hydrogens is 274 g/mol. The van der Waals surface area contributed by atoms with Gasteiger partial charge < -0.3 is 4.98 Å². The minimum atomic E-state index is -0.414. The summed E-state index contributed by atoms with van der Waals surface area (Å²) in [6.45, 7) is 0. The molecule has 0 aliphatic rings. The van der Waals surface area contributed by atoms with Crippen molar-refractivity contribution in [2.45, 2.75) is 10.9 Å². The van der Waals surface area contributed by atoms with Crippen LogP contribution in [0.2, 0.25) is 0 Å². The van der Waals surface area contributed by atoms with Crippen LogP contribution < -0.4 is 16.8 Å². The van der Waals surface area contributed by atoms with Gasteiger partial charge in [0.2, 0.25) is 0 Å². The van der Waals surface area contributed by atoms with Gasteiger partial charge in [-0.2, -0.15) is 0 Å². The van der Waals surface area contributed by atoms with Crippen molar-refractivity contribution in [2.75, 3.05) is 0 Å². The van der Waals surface area contributed by atoms with E-state index in [-0.39, 0.29) is 5.56 Å². The van der Waals surface area contributed by atoms with Crippen molar-refractivity contribution in [3.8, 4) is 0 Å². The first-order valence-corrected chi connectivity index (χ1v) is 6.69. The second-order valence-corrected chi connectivity index (χ2v) is 4.97. The number of carbonyl (C=O) groups is 1. The lowest BCUT2D eigenvalue weighted by Crippen LogP contribution is -2.29. The predicted octanol–water partition coefficient (Wildman–Crippen LogP) is 0.122. The van der Waals surface area contributed by atoms with Gasteiger partial charge in [0.05, 0.1) is 5.69 Å². The topological polar surface area (TPSA) is 114 Å². The Morgan fingerprint density at radius 3 is 3.17 bits per heavy atom.